The first-order chi connectivity index (χ1) is 16.1. The fourth-order valence-electron chi connectivity index (χ4n) is 3.54. The Morgan fingerprint density at radius 1 is 1.18 bits per heavy atom. The number of allylic oxidation sites excluding steroid dienone is 1. The number of rotatable bonds is 8. The van der Waals surface area contributed by atoms with Crippen LogP contribution in [0.3, 0.4) is 0 Å². The van der Waals surface area contributed by atoms with Crippen molar-refractivity contribution >= 4 is 40.5 Å². The van der Waals surface area contributed by atoms with Gasteiger partial charge in [0.15, 0.2) is 5.78 Å². The minimum Gasteiger partial charge on any atom is -0.468 e. The number of nitrogens with one attached hydrogen (secondary N) is 1. The summed E-state index contributed by atoms with van der Waals surface area (Å²) >= 11 is 2.62. The molecule has 0 amide bonds. The second-order valence-electron chi connectivity index (χ2n) is 6.99. The van der Waals surface area contributed by atoms with Gasteiger partial charge in [0.25, 0.3) is 0 Å². The summed E-state index contributed by atoms with van der Waals surface area (Å²) in [6, 6.07) is 18.6. The molecule has 2 aromatic heterocycles. The van der Waals surface area contributed by atoms with Crippen LogP contribution in [0.25, 0.3) is 5.70 Å². The van der Waals surface area contributed by atoms with Crippen LogP contribution in [-0.4, -0.2) is 24.1 Å². The van der Waals surface area contributed by atoms with Crippen molar-refractivity contribution in [2.45, 2.75) is 12.8 Å². The molecule has 0 radical (unpaired) electrons. The zero-order valence-corrected chi connectivity index (χ0v) is 19.4. The number of ketones is 1. The number of nitrogens with zero attached hydrogens (tertiary/aromatic N) is 1. The Morgan fingerprint density at radius 2 is 2.00 bits per heavy atom. The summed E-state index contributed by atoms with van der Waals surface area (Å²) in [5.41, 5.74) is 1.89. The van der Waals surface area contributed by atoms with Gasteiger partial charge >= 0.3 is 5.97 Å². The van der Waals surface area contributed by atoms with Gasteiger partial charge in [0.1, 0.15) is 5.76 Å². The summed E-state index contributed by atoms with van der Waals surface area (Å²) in [6.07, 6.45) is 1.50. The van der Waals surface area contributed by atoms with Crippen LogP contribution in [0.5, 0.6) is 0 Å². The van der Waals surface area contributed by atoms with Crippen molar-refractivity contribution in [1.82, 2.24) is 5.32 Å². The van der Waals surface area contributed by atoms with Gasteiger partial charge in [-0.05, 0) is 36.1 Å². The molecule has 3 aromatic rings. The van der Waals surface area contributed by atoms with Gasteiger partial charge in [0, 0.05) is 0 Å². The Kier molecular flexibility index (Phi) is 7.13. The van der Waals surface area contributed by atoms with Crippen molar-refractivity contribution < 1.29 is 18.7 Å². The van der Waals surface area contributed by atoms with Gasteiger partial charge in [-0.3, -0.25) is 4.79 Å². The summed E-state index contributed by atoms with van der Waals surface area (Å²) in [4.78, 5) is 26.4. The number of furan rings is 1. The highest BCUT2D eigenvalue weighted by Gasteiger charge is 2.38. The lowest BCUT2D eigenvalue weighted by atomic mass is 9.84. The Hall–Kier alpha value is -3.54. The molecule has 0 aliphatic carbocycles. The highest BCUT2D eigenvalue weighted by Crippen LogP contribution is 2.43. The lowest BCUT2D eigenvalue weighted by molar-refractivity contribution is -0.138. The van der Waals surface area contributed by atoms with E-state index in [0.29, 0.717) is 32.5 Å². The van der Waals surface area contributed by atoms with E-state index in [2.05, 4.69) is 11.4 Å². The first-order valence-electron chi connectivity index (χ1n) is 10.2. The predicted octanol–water partition coefficient (Wildman–Crippen LogP) is 5.35. The van der Waals surface area contributed by atoms with Gasteiger partial charge in [-0.25, -0.2) is 4.79 Å². The lowest BCUT2D eigenvalue weighted by Gasteiger charge is -2.29. The van der Waals surface area contributed by atoms with E-state index in [1.165, 1.54) is 29.4 Å². The molecule has 33 heavy (non-hydrogen) atoms. The number of ether oxygens (including phenoxy) is 1. The van der Waals surface area contributed by atoms with Crippen LogP contribution in [0.1, 0.15) is 33.8 Å². The number of thiophene rings is 1. The predicted molar refractivity (Wildman–Crippen MR) is 128 cm³/mol. The summed E-state index contributed by atoms with van der Waals surface area (Å²) in [7, 11) is 0. The summed E-state index contributed by atoms with van der Waals surface area (Å²) in [5.74, 6) is -0.725. The molecule has 0 saturated heterocycles. The number of carbonyl (C=O) groups is 2. The number of thioether (sulfide) groups is 1. The minimum absolute atomic E-state index is 0.0300. The van der Waals surface area contributed by atoms with E-state index in [-0.39, 0.29) is 18.1 Å². The molecule has 1 N–H and O–H groups in total. The molecule has 1 atom stereocenters. The van der Waals surface area contributed by atoms with E-state index in [1.807, 2.05) is 41.8 Å². The highest BCUT2D eigenvalue weighted by atomic mass is 32.2. The number of dihydropyridines is 1. The number of nitriles is 1. The largest absolute Gasteiger partial charge is 0.468 e. The number of Topliss-reactive ketones (excluding diaryl/α,β-unsaturated/α-hetero) is 1. The first kappa shape index (κ1) is 22.6. The summed E-state index contributed by atoms with van der Waals surface area (Å²) in [5, 5.41) is 15.7. The SMILES string of the molecule is CCOC(=O)C1=C(c2ccccc2)NC(SCC(=O)c2cccs2)=C(C#N)[C@@H]1c1ccco1. The molecule has 3 heterocycles. The van der Waals surface area contributed by atoms with E-state index in [1.54, 1.807) is 25.1 Å². The lowest BCUT2D eigenvalue weighted by Crippen LogP contribution is -2.29. The third-order valence-corrected chi connectivity index (χ3v) is 6.91. The van der Waals surface area contributed by atoms with Gasteiger partial charge in [-0.15, -0.1) is 11.3 Å². The maximum Gasteiger partial charge on any atom is 0.337 e. The Balaban J connectivity index is 1.81. The Bertz CT molecular complexity index is 1240. The molecular weight excluding hydrogens is 456 g/mol. The van der Waals surface area contributed by atoms with Crippen LogP contribution in [0.4, 0.5) is 0 Å². The van der Waals surface area contributed by atoms with Gasteiger partial charge in [-0.1, -0.05) is 48.2 Å². The van der Waals surface area contributed by atoms with Crippen molar-refractivity contribution in [3.63, 3.8) is 0 Å². The molecule has 4 rings (SSSR count). The van der Waals surface area contributed by atoms with Crippen LogP contribution in [0.15, 0.2) is 86.8 Å². The average Bonchev–Trinajstić information content (AvgIpc) is 3.57. The topological polar surface area (TPSA) is 92.3 Å². The smallest absolute Gasteiger partial charge is 0.337 e. The molecule has 166 valence electrons. The van der Waals surface area contributed by atoms with Crippen molar-refractivity contribution in [3.8, 4) is 6.07 Å². The number of hydrogen-bond donors (Lipinski definition) is 1. The third-order valence-electron chi connectivity index (χ3n) is 4.98. The normalized spacial score (nSPS) is 15.7. The summed E-state index contributed by atoms with van der Waals surface area (Å²) < 4.78 is 11.0. The Morgan fingerprint density at radius 3 is 2.64 bits per heavy atom. The molecule has 0 saturated carbocycles. The van der Waals surface area contributed by atoms with Crippen molar-refractivity contribution in [2.24, 2.45) is 0 Å². The molecular formula is C25H20N2O4S2. The van der Waals surface area contributed by atoms with E-state index in [4.69, 9.17) is 9.15 Å². The van der Waals surface area contributed by atoms with E-state index in [0.717, 1.165) is 5.56 Å². The second-order valence-corrected chi connectivity index (χ2v) is 8.93. The minimum atomic E-state index is -0.764. The molecule has 6 nitrogen and oxygen atoms in total. The zero-order valence-electron chi connectivity index (χ0n) is 17.7. The highest BCUT2D eigenvalue weighted by molar-refractivity contribution is 8.03. The average molecular weight is 477 g/mol. The maximum absolute atomic E-state index is 13.1. The van der Waals surface area contributed by atoms with E-state index in [9.17, 15) is 14.9 Å². The Labute approximate surface area is 199 Å². The fourth-order valence-corrected chi connectivity index (χ4v) is 5.22. The summed E-state index contributed by atoms with van der Waals surface area (Å²) in [6.45, 7) is 1.93. The van der Waals surface area contributed by atoms with Gasteiger partial charge < -0.3 is 14.5 Å². The van der Waals surface area contributed by atoms with Crippen LogP contribution in [0, 0.1) is 11.3 Å². The van der Waals surface area contributed by atoms with E-state index < -0.39 is 11.9 Å². The van der Waals surface area contributed by atoms with E-state index >= 15 is 0 Å². The molecule has 0 bridgehead atoms. The number of esters is 1. The van der Waals surface area contributed by atoms with Gasteiger partial charge in [-0.2, -0.15) is 5.26 Å². The van der Waals surface area contributed by atoms with Crippen molar-refractivity contribution in [3.05, 3.63) is 98.6 Å². The second kappa shape index (κ2) is 10.4. The standard InChI is InChI=1S/C25H20N2O4S2/c1-2-30-25(29)22-21(19-10-6-12-31-19)17(14-26)24(27-23(22)16-8-4-3-5-9-16)33-15-18(28)20-11-7-13-32-20/h3-13,21,27H,2,15H2,1H3/t21-/m1/s1. The zero-order chi connectivity index (χ0) is 23.2. The quantitative estimate of drug-likeness (QED) is 0.346. The molecule has 1 aromatic carbocycles. The molecule has 1 aliphatic rings. The van der Waals surface area contributed by atoms with Crippen LogP contribution < -0.4 is 5.32 Å². The van der Waals surface area contributed by atoms with Crippen LogP contribution in [0.2, 0.25) is 0 Å². The van der Waals surface area contributed by atoms with Crippen LogP contribution in [-0.2, 0) is 9.53 Å². The third kappa shape index (κ3) is 4.80. The maximum atomic E-state index is 13.1. The van der Waals surface area contributed by atoms with Crippen molar-refractivity contribution in [2.75, 3.05) is 12.4 Å². The van der Waals surface area contributed by atoms with Crippen LogP contribution >= 0.6 is 23.1 Å². The molecule has 8 heteroatoms. The number of hydrogen-bond acceptors (Lipinski definition) is 8. The molecule has 0 fully saturated rings. The molecule has 0 unspecified atom stereocenters. The van der Waals surface area contributed by atoms with Crippen molar-refractivity contribution in [1.29, 1.82) is 5.26 Å². The molecule has 1 aliphatic heterocycles. The number of carbonyl (C=O) groups excluding carboxylic acids is 2. The van der Waals surface area contributed by atoms with Gasteiger partial charge in [0.2, 0.25) is 0 Å². The fraction of sp³-hybridized carbons (Fsp3) is 0.160. The first-order valence-corrected chi connectivity index (χ1v) is 12.1. The molecule has 0 spiro atoms. The monoisotopic (exact) mass is 476 g/mol. The number of benzene rings is 1. The van der Waals surface area contributed by atoms with Gasteiger partial charge in [0.05, 0.1) is 57.4 Å².